The minimum atomic E-state index is 0.259. The van der Waals surface area contributed by atoms with Gasteiger partial charge in [-0.2, -0.15) is 0 Å². The van der Waals surface area contributed by atoms with Gasteiger partial charge >= 0.3 is 0 Å². The first-order chi connectivity index (χ1) is 9.06. The van der Waals surface area contributed by atoms with E-state index in [9.17, 15) is 0 Å². The van der Waals surface area contributed by atoms with Crippen molar-refractivity contribution in [1.82, 2.24) is 4.90 Å². The molecule has 1 aromatic carbocycles. The number of hydrogen-bond donors (Lipinski definition) is 1. The van der Waals surface area contributed by atoms with Crippen LogP contribution in [0.3, 0.4) is 0 Å². The molecule has 0 aromatic heterocycles. The maximum atomic E-state index is 6.02. The van der Waals surface area contributed by atoms with Gasteiger partial charge in [0.2, 0.25) is 0 Å². The van der Waals surface area contributed by atoms with Crippen molar-refractivity contribution in [2.24, 2.45) is 10.7 Å². The fourth-order valence-electron chi connectivity index (χ4n) is 2.36. The van der Waals surface area contributed by atoms with Crippen LogP contribution in [0.4, 0.5) is 5.69 Å². The van der Waals surface area contributed by atoms with Crippen molar-refractivity contribution in [2.75, 3.05) is 31.1 Å². The number of nitrogens with zero attached hydrogens (tertiary/aromatic N) is 3. The van der Waals surface area contributed by atoms with E-state index in [4.69, 9.17) is 5.73 Å². The zero-order valence-electron chi connectivity index (χ0n) is 12.1. The van der Waals surface area contributed by atoms with Gasteiger partial charge in [-0.15, -0.1) is 0 Å². The Balaban J connectivity index is 1.96. The second-order valence-electron chi connectivity index (χ2n) is 5.39. The summed E-state index contributed by atoms with van der Waals surface area (Å²) in [4.78, 5) is 9.00. The third-order valence-electron chi connectivity index (χ3n) is 3.36. The SMILES string of the molecule is Cc1cccc(N2CCN(C(N)=NC(C)C)CC2)c1. The quantitative estimate of drug-likeness (QED) is 0.652. The lowest BCUT2D eigenvalue weighted by Gasteiger charge is -2.36. The highest BCUT2D eigenvalue weighted by atomic mass is 15.3. The summed E-state index contributed by atoms with van der Waals surface area (Å²) in [6, 6.07) is 8.92. The molecule has 0 bridgehead atoms. The maximum absolute atomic E-state index is 6.02. The predicted octanol–water partition coefficient (Wildman–Crippen LogP) is 1.84. The van der Waals surface area contributed by atoms with E-state index in [0.717, 1.165) is 26.2 Å². The van der Waals surface area contributed by atoms with E-state index >= 15 is 0 Å². The topological polar surface area (TPSA) is 44.9 Å². The van der Waals surface area contributed by atoms with Crippen molar-refractivity contribution in [3.63, 3.8) is 0 Å². The molecule has 0 unspecified atom stereocenters. The first-order valence-electron chi connectivity index (χ1n) is 6.96. The molecule has 2 N–H and O–H groups in total. The Morgan fingerprint density at radius 2 is 1.89 bits per heavy atom. The molecule has 0 atom stereocenters. The van der Waals surface area contributed by atoms with Crippen LogP contribution >= 0.6 is 0 Å². The monoisotopic (exact) mass is 260 g/mol. The zero-order chi connectivity index (χ0) is 13.8. The Morgan fingerprint density at radius 3 is 2.47 bits per heavy atom. The number of guanidine groups is 1. The van der Waals surface area contributed by atoms with Crippen LogP contribution in [-0.2, 0) is 0 Å². The average Bonchev–Trinajstić information content (AvgIpc) is 2.38. The molecule has 1 fully saturated rings. The van der Waals surface area contributed by atoms with Crippen LogP contribution in [0.2, 0.25) is 0 Å². The number of rotatable bonds is 2. The van der Waals surface area contributed by atoms with Crippen molar-refractivity contribution in [3.8, 4) is 0 Å². The van der Waals surface area contributed by atoms with Crippen molar-refractivity contribution < 1.29 is 0 Å². The van der Waals surface area contributed by atoms with Gasteiger partial charge in [-0.3, -0.25) is 4.99 Å². The summed E-state index contributed by atoms with van der Waals surface area (Å²) in [5.74, 6) is 0.680. The van der Waals surface area contributed by atoms with Crippen molar-refractivity contribution in [1.29, 1.82) is 0 Å². The van der Waals surface area contributed by atoms with Crippen molar-refractivity contribution in [2.45, 2.75) is 26.8 Å². The highest BCUT2D eigenvalue weighted by Crippen LogP contribution is 2.17. The molecule has 0 saturated carbocycles. The first-order valence-corrected chi connectivity index (χ1v) is 6.96. The van der Waals surface area contributed by atoms with Crippen LogP contribution in [0.1, 0.15) is 19.4 Å². The molecule has 0 amide bonds. The summed E-state index contributed by atoms with van der Waals surface area (Å²) in [5.41, 5.74) is 8.63. The summed E-state index contributed by atoms with van der Waals surface area (Å²) in [5, 5.41) is 0. The van der Waals surface area contributed by atoms with Gasteiger partial charge in [0, 0.05) is 37.9 Å². The van der Waals surface area contributed by atoms with Crippen LogP contribution in [0.25, 0.3) is 0 Å². The summed E-state index contributed by atoms with van der Waals surface area (Å²) in [6.07, 6.45) is 0. The van der Waals surface area contributed by atoms with Gasteiger partial charge in [0.15, 0.2) is 5.96 Å². The third-order valence-corrected chi connectivity index (χ3v) is 3.36. The number of aliphatic imine (C=N–C) groups is 1. The lowest BCUT2D eigenvalue weighted by Crippen LogP contribution is -2.51. The third kappa shape index (κ3) is 3.63. The number of benzene rings is 1. The van der Waals surface area contributed by atoms with Gasteiger partial charge in [-0.05, 0) is 38.5 Å². The summed E-state index contributed by atoms with van der Waals surface area (Å²) in [7, 11) is 0. The molecule has 0 aliphatic carbocycles. The fourth-order valence-corrected chi connectivity index (χ4v) is 2.36. The standard InChI is InChI=1S/C15H24N4/c1-12(2)17-15(16)19-9-7-18(8-10-19)14-6-4-5-13(3)11-14/h4-6,11-12H,7-10H2,1-3H3,(H2,16,17). The van der Waals surface area contributed by atoms with Gasteiger partial charge in [-0.25, -0.2) is 0 Å². The zero-order valence-corrected chi connectivity index (χ0v) is 12.1. The molecule has 104 valence electrons. The summed E-state index contributed by atoms with van der Waals surface area (Å²) in [6.45, 7) is 10.1. The van der Waals surface area contributed by atoms with Crippen LogP contribution < -0.4 is 10.6 Å². The highest BCUT2D eigenvalue weighted by Gasteiger charge is 2.18. The molecule has 1 heterocycles. The Hall–Kier alpha value is -1.71. The van der Waals surface area contributed by atoms with Gasteiger partial charge in [0.05, 0.1) is 0 Å². The summed E-state index contributed by atoms with van der Waals surface area (Å²) >= 11 is 0. The van der Waals surface area contributed by atoms with Crippen molar-refractivity contribution in [3.05, 3.63) is 29.8 Å². The molecular weight excluding hydrogens is 236 g/mol. The molecule has 4 heteroatoms. The largest absolute Gasteiger partial charge is 0.370 e. The fraction of sp³-hybridized carbons (Fsp3) is 0.533. The van der Waals surface area contributed by atoms with Gasteiger partial charge < -0.3 is 15.5 Å². The Bertz CT molecular complexity index is 445. The van der Waals surface area contributed by atoms with Crippen molar-refractivity contribution >= 4 is 11.6 Å². The smallest absolute Gasteiger partial charge is 0.191 e. The van der Waals surface area contributed by atoms with Gasteiger partial charge in [-0.1, -0.05) is 12.1 Å². The van der Waals surface area contributed by atoms with Gasteiger partial charge in [0.1, 0.15) is 0 Å². The van der Waals surface area contributed by atoms with Crippen LogP contribution in [0, 0.1) is 6.92 Å². The lowest BCUT2D eigenvalue weighted by molar-refractivity contribution is 0.379. The van der Waals surface area contributed by atoms with E-state index in [1.54, 1.807) is 0 Å². The van der Waals surface area contributed by atoms with Gasteiger partial charge in [0.25, 0.3) is 0 Å². The molecule has 0 radical (unpaired) electrons. The van der Waals surface area contributed by atoms with Crippen LogP contribution in [0.5, 0.6) is 0 Å². The molecule has 19 heavy (non-hydrogen) atoms. The molecule has 4 nitrogen and oxygen atoms in total. The van der Waals surface area contributed by atoms with E-state index < -0.39 is 0 Å². The molecular formula is C15H24N4. The molecule has 1 aliphatic rings. The molecule has 1 aliphatic heterocycles. The second kappa shape index (κ2) is 5.95. The normalized spacial score (nSPS) is 17.2. The number of piperazine rings is 1. The highest BCUT2D eigenvalue weighted by molar-refractivity contribution is 5.78. The number of hydrogen-bond acceptors (Lipinski definition) is 2. The average molecular weight is 260 g/mol. The minimum Gasteiger partial charge on any atom is -0.370 e. The number of anilines is 1. The predicted molar refractivity (Wildman–Crippen MR) is 81.7 cm³/mol. The van der Waals surface area contributed by atoms with Crippen LogP contribution in [-0.4, -0.2) is 43.1 Å². The molecule has 1 aromatic rings. The Kier molecular flexibility index (Phi) is 4.30. The first kappa shape index (κ1) is 13.7. The minimum absolute atomic E-state index is 0.259. The lowest BCUT2D eigenvalue weighted by atomic mass is 10.2. The number of nitrogens with two attached hydrogens (primary N) is 1. The van der Waals surface area contributed by atoms with Crippen LogP contribution in [0.15, 0.2) is 29.3 Å². The second-order valence-corrected chi connectivity index (χ2v) is 5.39. The van der Waals surface area contributed by atoms with E-state index in [2.05, 4.69) is 59.8 Å². The summed E-state index contributed by atoms with van der Waals surface area (Å²) < 4.78 is 0. The Labute approximate surface area is 115 Å². The van der Waals surface area contributed by atoms with E-state index in [0.29, 0.717) is 5.96 Å². The Morgan fingerprint density at radius 1 is 1.21 bits per heavy atom. The van der Waals surface area contributed by atoms with E-state index in [1.807, 2.05) is 0 Å². The van der Waals surface area contributed by atoms with E-state index in [1.165, 1.54) is 11.3 Å². The molecule has 2 rings (SSSR count). The molecule has 1 saturated heterocycles. The molecule has 0 spiro atoms. The van der Waals surface area contributed by atoms with E-state index in [-0.39, 0.29) is 6.04 Å². The maximum Gasteiger partial charge on any atom is 0.191 e. The number of aryl methyl sites for hydroxylation is 1.